The molecule has 162 valence electrons. The summed E-state index contributed by atoms with van der Waals surface area (Å²) < 4.78 is 11.1. The zero-order valence-electron chi connectivity index (χ0n) is 17.9. The van der Waals surface area contributed by atoms with Crippen LogP contribution in [0.4, 0.5) is 0 Å². The van der Waals surface area contributed by atoms with Crippen LogP contribution in [0.5, 0.6) is 11.5 Å². The molecule has 0 unspecified atom stereocenters. The molecule has 1 N–H and O–H groups in total. The zero-order valence-corrected chi connectivity index (χ0v) is 17.9. The third kappa shape index (κ3) is 7.79. The first-order chi connectivity index (χ1) is 15.1. The van der Waals surface area contributed by atoms with Gasteiger partial charge in [0.1, 0.15) is 11.5 Å². The quantitative estimate of drug-likeness (QED) is 0.461. The monoisotopic (exact) mass is 419 g/mol. The van der Waals surface area contributed by atoms with Crippen LogP contribution in [-0.2, 0) is 29.0 Å². The Balaban J connectivity index is 1.60. The third-order valence-electron chi connectivity index (χ3n) is 4.81. The molecule has 5 heteroatoms. The van der Waals surface area contributed by atoms with E-state index in [1.807, 2.05) is 61.5 Å². The zero-order chi connectivity index (χ0) is 21.9. The minimum absolute atomic E-state index is 0.222. The Morgan fingerprint density at radius 1 is 0.871 bits per heavy atom. The summed E-state index contributed by atoms with van der Waals surface area (Å²) in [5.74, 6) is 0.840. The van der Waals surface area contributed by atoms with E-state index < -0.39 is 0 Å². The van der Waals surface area contributed by atoms with Gasteiger partial charge in [0.2, 0.25) is 0 Å². The van der Waals surface area contributed by atoms with E-state index in [1.165, 1.54) is 0 Å². The predicted octanol–water partition coefficient (Wildman–Crippen LogP) is 4.58. The molecule has 0 heterocycles. The first-order valence-corrected chi connectivity index (χ1v) is 10.5. The largest absolute Gasteiger partial charge is 0.508 e. The molecule has 0 aliphatic heterocycles. The van der Waals surface area contributed by atoms with Crippen LogP contribution in [0.1, 0.15) is 23.6 Å². The molecule has 0 atom stereocenters. The van der Waals surface area contributed by atoms with Crippen LogP contribution in [0.2, 0.25) is 0 Å². The lowest BCUT2D eigenvalue weighted by Gasteiger charge is -2.22. The van der Waals surface area contributed by atoms with Crippen molar-refractivity contribution in [3.8, 4) is 11.5 Å². The highest BCUT2D eigenvalue weighted by atomic mass is 16.5. The summed E-state index contributed by atoms with van der Waals surface area (Å²) in [7, 11) is 0. The van der Waals surface area contributed by atoms with Crippen molar-refractivity contribution in [2.24, 2.45) is 0 Å². The van der Waals surface area contributed by atoms with Crippen LogP contribution >= 0.6 is 0 Å². The topological polar surface area (TPSA) is 59.0 Å². The van der Waals surface area contributed by atoms with Gasteiger partial charge in [0, 0.05) is 19.5 Å². The van der Waals surface area contributed by atoms with Crippen LogP contribution in [0.3, 0.4) is 0 Å². The van der Waals surface area contributed by atoms with E-state index >= 15 is 0 Å². The number of esters is 1. The van der Waals surface area contributed by atoms with Gasteiger partial charge in [-0.2, -0.15) is 0 Å². The summed E-state index contributed by atoms with van der Waals surface area (Å²) in [6.45, 7) is 4.24. The average molecular weight is 420 g/mol. The van der Waals surface area contributed by atoms with E-state index in [0.29, 0.717) is 26.3 Å². The molecule has 0 radical (unpaired) electrons. The number of benzene rings is 3. The van der Waals surface area contributed by atoms with E-state index in [1.54, 1.807) is 12.1 Å². The number of ether oxygens (including phenoxy) is 2. The average Bonchev–Trinajstić information content (AvgIpc) is 2.76. The summed E-state index contributed by atoms with van der Waals surface area (Å²) in [4.78, 5) is 14.2. The minimum Gasteiger partial charge on any atom is -0.508 e. The molecule has 0 aliphatic rings. The molecule has 0 aromatic heterocycles. The maximum Gasteiger partial charge on any atom is 0.320 e. The Hall–Kier alpha value is -3.31. The molecule has 0 fully saturated rings. The van der Waals surface area contributed by atoms with Gasteiger partial charge in [-0.3, -0.25) is 9.69 Å². The fraction of sp³-hybridized carbons (Fsp3) is 0.269. The number of carbonyl (C=O) groups is 1. The summed E-state index contributed by atoms with van der Waals surface area (Å²) >= 11 is 0. The van der Waals surface area contributed by atoms with Crippen LogP contribution in [-0.4, -0.2) is 35.7 Å². The van der Waals surface area contributed by atoms with E-state index in [-0.39, 0.29) is 18.3 Å². The van der Waals surface area contributed by atoms with Crippen molar-refractivity contribution in [3.63, 3.8) is 0 Å². The molecule has 5 nitrogen and oxygen atoms in total. The van der Waals surface area contributed by atoms with E-state index in [4.69, 9.17) is 9.47 Å². The number of hydrogen-bond donors (Lipinski definition) is 1. The summed E-state index contributed by atoms with van der Waals surface area (Å²) in [6, 6.07) is 25.2. The smallest absolute Gasteiger partial charge is 0.320 e. The third-order valence-corrected chi connectivity index (χ3v) is 4.81. The maximum absolute atomic E-state index is 12.1. The molecule has 3 aromatic rings. The van der Waals surface area contributed by atoms with E-state index in [2.05, 4.69) is 17.0 Å². The molecule has 0 spiro atoms. The Morgan fingerprint density at radius 3 is 2.32 bits per heavy atom. The van der Waals surface area contributed by atoms with Crippen LogP contribution in [0.15, 0.2) is 78.9 Å². The number of phenols is 1. The summed E-state index contributed by atoms with van der Waals surface area (Å²) in [5.41, 5.74) is 3.33. The van der Waals surface area contributed by atoms with Crippen molar-refractivity contribution in [1.82, 2.24) is 4.90 Å². The Morgan fingerprint density at radius 2 is 1.58 bits per heavy atom. The normalized spacial score (nSPS) is 10.8. The molecular weight excluding hydrogens is 390 g/mol. The van der Waals surface area contributed by atoms with Gasteiger partial charge >= 0.3 is 5.97 Å². The molecule has 0 saturated carbocycles. The lowest BCUT2D eigenvalue weighted by molar-refractivity contribution is -0.144. The van der Waals surface area contributed by atoms with Gasteiger partial charge in [-0.15, -0.1) is 0 Å². The second-order valence-electron chi connectivity index (χ2n) is 7.35. The highest BCUT2D eigenvalue weighted by Gasteiger charge is 2.13. The minimum atomic E-state index is -0.222. The van der Waals surface area contributed by atoms with Gasteiger partial charge in [0.25, 0.3) is 0 Å². The Bertz CT molecular complexity index is 941. The second-order valence-corrected chi connectivity index (χ2v) is 7.35. The molecule has 0 saturated heterocycles. The van der Waals surface area contributed by atoms with Crippen LogP contribution < -0.4 is 4.74 Å². The van der Waals surface area contributed by atoms with Crippen molar-refractivity contribution in [1.29, 1.82) is 0 Å². The van der Waals surface area contributed by atoms with Gasteiger partial charge < -0.3 is 14.6 Å². The number of phenolic OH excluding ortho intramolecular Hbond substituents is 1. The molecule has 0 amide bonds. The van der Waals surface area contributed by atoms with Crippen LogP contribution in [0.25, 0.3) is 0 Å². The molecule has 0 bridgehead atoms. The van der Waals surface area contributed by atoms with E-state index in [0.717, 1.165) is 28.9 Å². The number of nitrogens with zero attached hydrogens (tertiary/aromatic N) is 1. The SMILES string of the molecule is CCOC(=O)CN(Cc1ccccc1)Cc1cccc(OCCc2ccc(O)cc2)c1. The number of aromatic hydroxyl groups is 1. The molecular formula is C26H29NO4. The molecule has 31 heavy (non-hydrogen) atoms. The standard InChI is InChI=1S/C26H29NO4/c1-2-30-26(29)20-27(18-22-7-4-3-5-8-22)19-23-9-6-10-25(17-23)31-16-15-21-11-13-24(28)14-12-21/h3-14,17,28H,2,15-16,18-20H2,1H3. The fourth-order valence-corrected chi connectivity index (χ4v) is 3.34. The van der Waals surface area contributed by atoms with Crippen molar-refractivity contribution >= 4 is 5.97 Å². The summed E-state index contributed by atoms with van der Waals surface area (Å²) in [5, 5.41) is 9.38. The van der Waals surface area contributed by atoms with Gasteiger partial charge in [-0.05, 0) is 47.9 Å². The lowest BCUT2D eigenvalue weighted by Crippen LogP contribution is -2.30. The van der Waals surface area contributed by atoms with Crippen LogP contribution in [0, 0.1) is 0 Å². The summed E-state index contributed by atoms with van der Waals surface area (Å²) in [6.07, 6.45) is 0.757. The number of carbonyl (C=O) groups excluding carboxylic acids is 1. The Labute approximate surface area is 183 Å². The predicted molar refractivity (Wildman–Crippen MR) is 121 cm³/mol. The second kappa shape index (κ2) is 11.8. The van der Waals surface area contributed by atoms with Gasteiger partial charge in [0.15, 0.2) is 0 Å². The van der Waals surface area contributed by atoms with Crippen molar-refractivity contribution in [3.05, 3.63) is 95.6 Å². The Kier molecular flexibility index (Phi) is 8.49. The first-order valence-electron chi connectivity index (χ1n) is 10.5. The first kappa shape index (κ1) is 22.4. The lowest BCUT2D eigenvalue weighted by atomic mass is 10.1. The van der Waals surface area contributed by atoms with E-state index in [9.17, 15) is 9.90 Å². The molecule has 3 aromatic carbocycles. The van der Waals surface area contributed by atoms with Crippen molar-refractivity contribution < 1.29 is 19.4 Å². The van der Waals surface area contributed by atoms with Gasteiger partial charge in [0.05, 0.1) is 19.8 Å². The fourth-order valence-electron chi connectivity index (χ4n) is 3.34. The highest BCUT2D eigenvalue weighted by molar-refractivity contribution is 5.71. The van der Waals surface area contributed by atoms with Crippen molar-refractivity contribution in [2.75, 3.05) is 19.8 Å². The maximum atomic E-state index is 12.1. The van der Waals surface area contributed by atoms with Crippen molar-refractivity contribution in [2.45, 2.75) is 26.4 Å². The number of hydrogen-bond acceptors (Lipinski definition) is 5. The molecule has 3 rings (SSSR count). The van der Waals surface area contributed by atoms with Gasteiger partial charge in [-0.25, -0.2) is 0 Å². The number of rotatable bonds is 11. The highest BCUT2D eigenvalue weighted by Crippen LogP contribution is 2.17. The van der Waals surface area contributed by atoms with Gasteiger partial charge in [-0.1, -0.05) is 54.6 Å². The molecule has 0 aliphatic carbocycles.